The van der Waals surface area contributed by atoms with E-state index in [4.69, 9.17) is 9.47 Å². The van der Waals surface area contributed by atoms with Crippen LogP contribution in [0, 0.1) is 0 Å². The van der Waals surface area contributed by atoms with Gasteiger partial charge in [-0.15, -0.1) is 0 Å². The number of carbonyl (C=O) groups excluding carboxylic acids is 2. The highest BCUT2D eigenvalue weighted by molar-refractivity contribution is 5.96. The predicted molar refractivity (Wildman–Crippen MR) is 116 cm³/mol. The van der Waals surface area contributed by atoms with Crippen molar-refractivity contribution < 1.29 is 19.1 Å². The fraction of sp³-hybridized carbons (Fsp3) is 0.231. The molecule has 0 saturated heterocycles. The van der Waals surface area contributed by atoms with Crippen LogP contribution in [0.25, 0.3) is 11.1 Å². The topological polar surface area (TPSA) is 52.6 Å². The van der Waals surface area contributed by atoms with E-state index >= 15 is 0 Å². The van der Waals surface area contributed by atoms with E-state index in [0.29, 0.717) is 16.9 Å². The Kier molecular flexibility index (Phi) is 5.66. The highest BCUT2D eigenvalue weighted by Gasteiger charge is 2.16. The fourth-order valence-electron chi connectivity index (χ4n) is 3.91. The number of methoxy groups -OCH3 is 1. The number of carbonyl (C=O) groups is 2. The van der Waals surface area contributed by atoms with Crippen LogP contribution < -0.4 is 9.47 Å². The molecule has 0 bridgehead atoms. The Labute approximate surface area is 176 Å². The first-order chi connectivity index (χ1) is 14.5. The van der Waals surface area contributed by atoms with Gasteiger partial charge in [0.05, 0.1) is 12.7 Å². The van der Waals surface area contributed by atoms with Crippen LogP contribution in [0.4, 0.5) is 0 Å². The van der Waals surface area contributed by atoms with Gasteiger partial charge in [0.2, 0.25) is 0 Å². The second-order valence-corrected chi connectivity index (χ2v) is 7.57. The molecular formula is C26H24O4. The van der Waals surface area contributed by atoms with Crippen LogP contribution in [0.5, 0.6) is 11.5 Å². The van der Waals surface area contributed by atoms with Crippen LogP contribution in [0.15, 0.2) is 60.7 Å². The van der Waals surface area contributed by atoms with Gasteiger partial charge in [-0.3, -0.25) is 4.79 Å². The summed E-state index contributed by atoms with van der Waals surface area (Å²) in [5.74, 6) is 0.942. The number of hydrogen-bond donors (Lipinski definition) is 0. The number of hydrogen-bond acceptors (Lipinski definition) is 4. The molecule has 4 nitrogen and oxygen atoms in total. The Hall–Kier alpha value is -3.40. The standard InChI is InChI=1S/C26H24O4/c1-17(27)18-7-9-19(10-8-18)26(28)30-23-12-14-25-21(16-23)6-4-3-5-20-15-22(29-2)11-13-24(20)25/h7-16H,3-6H2,1-2H3. The molecule has 0 aliphatic heterocycles. The predicted octanol–water partition coefficient (Wildman–Crippen LogP) is 5.66. The first-order valence-electron chi connectivity index (χ1n) is 10.2. The maximum absolute atomic E-state index is 12.5. The maximum Gasteiger partial charge on any atom is 0.343 e. The van der Waals surface area contributed by atoms with Gasteiger partial charge < -0.3 is 9.47 Å². The first-order valence-corrected chi connectivity index (χ1v) is 10.2. The summed E-state index contributed by atoms with van der Waals surface area (Å²) in [4.78, 5) is 23.9. The summed E-state index contributed by atoms with van der Waals surface area (Å²) in [5.41, 5.74) is 5.84. The van der Waals surface area contributed by atoms with Crippen molar-refractivity contribution in [3.63, 3.8) is 0 Å². The largest absolute Gasteiger partial charge is 0.497 e. The Morgan fingerprint density at radius 1 is 0.733 bits per heavy atom. The third-order valence-electron chi connectivity index (χ3n) is 5.56. The highest BCUT2D eigenvalue weighted by Crippen LogP contribution is 2.35. The Morgan fingerprint density at radius 3 is 1.83 bits per heavy atom. The monoisotopic (exact) mass is 400 g/mol. The van der Waals surface area contributed by atoms with Gasteiger partial charge in [0.15, 0.2) is 5.78 Å². The third kappa shape index (κ3) is 4.13. The van der Waals surface area contributed by atoms with Crippen molar-refractivity contribution in [1.82, 2.24) is 0 Å². The van der Waals surface area contributed by atoms with E-state index in [1.54, 1.807) is 31.4 Å². The van der Waals surface area contributed by atoms with Crippen molar-refractivity contribution in [2.75, 3.05) is 7.11 Å². The molecule has 0 amide bonds. The van der Waals surface area contributed by atoms with Crippen LogP contribution in [0.3, 0.4) is 0 Å². The zero-order chi connectivity index (χ0) is 21.1. The van der Waals surface area contributed by atoms with Crippen LogP contribution in [0.1, 0.15) is 51.6 Å². The molecule has 0 atom stereocenters. The molecule has 30 heavy (non-hydrogen) atoms. The van der Waals surface area contributed by atoms with Gasteiger partial charge in [0, 0.05) is 5.56 Å². The number of rotatable bonds is 4. The summed E-state index contributed by atoms with van der Waals surface area (Å²) >= 11 is 0. The second-order valence-electron chi connectivity index (χ2n) is 7.57. The molecule has 3 aromatic rings. The lowest BCUT2D eigenvalue weighted by atomic mass is 9.87. The quantitative estimate of drug-likeness (QED) is 0.322. The van der Waals surface area contributed by atoms with Crippen LogP contribution >= 0.6 is 0 Å². The number of fused-ring (bicyclic) bond motifs is 3. The lowest BCUT2D eigenvalue weighted by Crippen LogP contribution is -2.09. The van der Waals surface area contributed by atoms with E-state index in [2.05, 4.69) is 12.1 Å². The van der Waals surface area contributed by atoms with Crippen LogP contribution in [-0.4, -0.2) is 18.9 Å². The van der Waals surface area contributed by atoms with Gasteiger partial charge in [-0.05, 0) is 91.3 Å². The number of ether oxygens (including phenoxy) is 2. The molecule has 0 aromatic heterocycles. The summed E-state index contributed by atoms with van der Waals surface area (Å²) in [7, 11) is 1.69. The summed E-state index contributed by atoms with van der Waals surface area (Å²) in [5, 5.41) is 0. The molecule has 0 radical (unpaired) electrons. The number of esters is 1. The van der Waals surface area contributed by atoms with E-state index in [1.807, 2.05) is 24.3 Å². The zero-order valence-electron chi connectivity index (χ0n) is 17.2. The van der Waals surface area contributed by atoms with Crippen LogP contribution in [-0.2, 0) is 12.8 Å². The van der Waals surface area contributed by atoms with Gasteiger partial charge in [-0.1, -0.05) is 24.3 Å². The highest BCUT2D eigenvalue weighted by atomic mass is 16.5. The van der Waals surface area contributed by atoms with E-state index in [0.717, 1.165) is 31.4 Å². The Morgan fingerprint density at radius 2 is 1.27 bits per heavy atom. The van der Waals surface area contributed by atoms with E-state index in [9.17, 15) is 9.59 Å². The number of aryl methyl sites for hydroxylation is 2. The lowest BCUT2D eigenvalue weighted by molar-refractivity contribution is 0.0734. The molecule has 0 spiro atoms. The van der Waals surface area contributed by atoms with Crippen LogP contribution in [0.2, 0.25) is 0 Å². The second kappa shape index (κ2) is 8.54. The van der Waals surface area contributed by atoms with Gasteiger partial charge in [0.25, 0.3) is 0 Å². The molecule has 4 rings (SSSR count). The van der Waals surface area contributed by atoms with Gasteiger partial charge in [-0.2, -0.15) is 0 Å². The van der Waals surface area contributed by atoms with Crippen molar-refractivity contribution in [3.8, 4) is 22.6 Å². The smallest absolute Gasteiger partial charge is 0.343 e. The van der Waals surface area contributed by atoms with Gasteiger partial charge in [-0.25, -0.2) is 4.79 Å². The number of Topliss-reactive ketones (excluding diaryl/α,β-unsaturated/α-hetero) is 1. The summed E-state index contributed by atoms with van der Waals surface area (Å²) in [6.07, 6.45) is 4.15. The maximum atomic E-state index is 12.5. The van der Waals surface area contributed by atoms with Crippen molar-refractivity contribution in [3.05, 3.63) is 82.9 Å². The summed E-state index contributed by atoms with van der Waals surface area (Å²) < 4.78 is 11.0. The minimum Gasteiger partial charge on any atom is -0.497 e. The first kappa shape index (κ1) is 19.9. The summed E-state index contributed by atoms with van der Waals surface area (Å²) in [6.45, 7) is 1.50. The van der Waals surface area contributed by atoms with Crippen molar-refractivity contribution in [1.29, 1.82) is 0 Å². The molecule has 0 heterocycles. The molecule has 0 saturated carbocycles. The molecule has 4 heteroatoms. The molecule has 0 unspecified atom stereocenters. The molecule has 0 fully saturated rings. The normalized spacial score (nSPS) is 12.7. The van der Waals surface area contributed by atoms with Crippen molar-refractivity contribution in [2.45, 2.75) is 32.6 Å². The van der Waals surface area contributed by atoms with Gasteiger partial charge in [0.1, 0.15) is 11.5 Å². The fourth-order valence-corrected chi connectivity index (χ4v) is 3.91. The molecular weight excluding hydrogens is 376 g/mol. The van der Waals surface area contributed by atoms with Gasteiger partial charge >= 0.3 is 5.97 Å². The molecule has 3 aromatic carbocycles. The molecule has 0 N–H and O–H groups in total. The van der Waals surface area contributed by atoms with E-state index in [1.165, 1.54) is 29.2 Å². The van der Waals surface area contributed by atoms with Crippen molar-refractivity contribution in [2.24, 2.45) is 0 Å². The number of benzene rings is 3. The van der Waals surface area contributed by atoms with Crippen molar-refractivity contribution >= 4 is 11.8 Å². The lowest BCUT2D eigenvalue weighted by Gasteiger charge is -2.19. The average Bonchev–Trinajstić information content (AvgIpc) is 2.75. The third-order valence-corrected chi connectivity index (χ3v) is 5.56. The average molecular weight is 400 g/mol. The molecule has 1 aliphatic carbocycles. The molecule has 152 valence electrons. The van der Waals surface area contributed by atoms with E-state index < -0.39 is 5.97 Å². The minimum atomic E-state index is -0.430. The zero-order valence-corrected chi connectivity index (χ0v) is 17.2. The Balaban J connectivity index is 1.61. The van der Waals surface area contributed by atoms with E-state index in [-0.39, 0.29) is 5.78 Å². The Bertz CT molecular complexity index is 1100. The molecule has 1 aliphatic rings. The minimum absolute atomic E-state index is 0.0329. The summed E-state index contributed by atoms with van der Waals surface area (Å²) in [6, 6.07) is 18.6. The number of ketones is 1. The SMILES string of the molecule is COc1ccc2c(c1)CCCCc1cc(OC(=O)c3ccc(C(C)=O)cc3)ccc1-2.